The third-order valence-corrected chi connectivity index (χ3v) is 4.18. The van der Waals surface area contributed by atoms with Crippen LogP contribution in [-0.4, -0.2) is 34.0 Å². The summed E-state index contributed by atoms with van der Waals surface area (Å²) in [7, 11) is 3.69. The number of nitrogens with two attached hydrogens (primary N) is 1. The van der Waals surface area contributed by atoms with E-state index in [0.29, 0.717) is 11.8 Å². The normalized spacial score (nSPS) is 10.6. The fourth-order valence-corrected chi connectivity index (χ4v) is 2.82. The van der Waals surface area contributed by atoms with E-state index in [-0.39, 0.29) is 12.6 Å². The molecule has 0 spiro atoms. The molecule has 3 aromatic rings. The second-order valence-electron chi connectivity index (χ2n) is 5.41. The highest BCUT2D eigenvalue weighted by molar-refractivity contribution is 7.13. The fourth-order valence-electron chi connectivity index (χ4n) is 2.02. The van der Waals surface area contributed by atoms with Gasteiger partial charge >= 0.3 is 0 Å². The van der Waals surface area contributed by atoms with E-state index in [1.165, 1.54) is 0 Å². The van der Waals surface area contributed by atoms with Crippen LogP contribution < -0.4 is 15.4 Å². The maximum absolute atomic E-state index is 5.73. The lowest BCUT2D eigenvalue weighted by Crippen LogP contribution is -2.16. The van der Waals surface area contributed by atoms with Crippen LogP contribution in [0.4, 0.5) is 11.9 Å². The van der Waals surface area contributed by atoms with Gasteiger partial charge in [0.2, 0.25) is 11.9 Å². The van der Waals surface area contributed by atoms with Crippen molar-refractivity contribution in [2.24, 2.45) is 0 Å². The first kappa shape index (κ1) is 16.1. The summed E-state index contributed by atoms with van der Waals surface area (Å²) in [6.07, 6.45) is 0. The first-order valence-electron chi connectivity index (χ1n) is 7.34. The van der Waals surface area contributed by atoms with Crippen molar-refractivity contribution in [2.75, 3.05) is 24.7 Å². The fraction of sp³-hybridized carbons (Fsp3) is 0.250. The summed E-state index contributed by atoms with van der Waals surface area (Å²) in [6.45, 7) is 2.21. The highest BCUT2D eigenvalue weighted by atomic mass is 32.1. The summed E-state index contributed by atoms with van der Waals surface area (Å²) < 4.78 is 5.73. The van der Waals surface area contributed by atoms with Crippen LogP contribution in [0.3, 0.4) is 0 Å². The maximum Gasteiger partial charge on any atom is 0.230 e. The second kappa shape index (κ2) is 6.79. The molecule has 0 unspecified atom stereocenters. The van der Waals surface area contributed by atoms with Crippen LogP contribution in [0.25, 0.3) is 10.6 Å². The van der Waals surface area contributed by atoms with Crippen molar-refractivity contribution in [3.63, 3.8) is 0 Å². The molecule has 2 N–H and O–H groups in total. The van der Waals surface area contributed by atoms with Crippen molar-refractivity contribution >= 4 is 23.2 Å². The van der Waals surface area contributed by atoms with Gasteiger partial charge in [0.05, 0.1) is 0 Å². The number of nitrogens with zero attached hydrogens (tertiary/aromatic N) is 5. The molecule has 0 aliphatic carbocycles. The van der Waals surface area contributed by atoms with Gasteiger partial charge in [-0.25, -0.2) is 4.98 Å². The first-order chi connectivity index (χ1) is 11.5. The number of aromatic nitrogens is 4. The minimum absolute atomic E-state index is 0.182. The van der Waals surface area contributed by atoms with Crippen molar-refractivity contribution < 1.29 is 4.74 Å². The maximum atomic E-state index is 5.73. The number of benzene rings is 1. The van der Waals surface area contributed by atoms with Gasteiger partial charge in [0.25, 0.3) is 0 Å². The standard InChI is InChI=1S/C16H18N6OS/c1-10-9-24-14(18-10)11-4-6-12(7-5-11)23-8-13-19-15(17)21-16(20-13)22(2)3/h4-7,9H,8H2,1-3H3,(H2,17,19,20,21). The van der Waals surface area contributed by atoms with Crippen molar-refractivity contribution in [3.8, 4) is 16.3 Å². The smallest absolute Gasteiger partial charge is 0.230 e. The Balaban J connectivity index is 1.69. The van der Waals surface area contributed by atoms with Gasteiger partial charge < -0.3 is 15.4 Å². The van der Waals surface area contributed by atoms with E-state index >= 15 is 0 Å². The van der Waals surface area contributed by atoms with Gasteiger partial charge in [-0.1, -0.05) is 0 Å². The first-order valence-corrected chi connectivity index (χ1v) is 8.22. The van der Waals surface area contributed by atoms with E-state index < -0.39 is 0 Å². The van der Waals surface area contributed by atoms with Crippen LogP contribution in [0.15, 0.2) is 29.6 Å². The average Bonchev–Trinajstić information content (AvgIpc) is 2.99. The molecular weight excluding hydrogens is 324 g/mol. The molecule has 7 nitrogen and oxygen atoms in total. The molecular formula is C16H18N6OS. The molecule has 3 rings (SSSR count). The lowest BCUT2D eigenvalue weighted by molar-refractivity contribution is 0.295. The highest BCUT2D eigenvalue weighted by Crippen LogP contribution is 2.25. The largest absolute Gasteiger partial charge is 0.486 e. The van der Waals surface area contributed by atoms with Crippen LogP contribution in [0.1, 0.15) is 11.5 Å². The molecule has 0 bridgehead atoms. The number of hydrogen-bond donors (Lipinski definition) is 1. The van der Waals surface area contributed by atoms with E-state index in [2.05, 4.69) is 19.9 Å². The molecule has 0 amide bonds. The number of aryl methyl sites for hydroxylation is 1. The minimum atomic E-state index is 0.182. The Hall–Kier alpha value is -2.74. The van der Waals surface area contributed by atoms with Gasteiger partial charge in [0, 0.05) is 30.7 Å². The van der Waals surface area contributed by atoms with E-state index in [4.69, 9.17) is 10.5 Å². The van der Waals surface area contributed by atoms with Crippen molar-refractivity contribution in [1.29, 1.82) is 0 Å². The molecule has 0 saturated carbocycles. The van der Waals surface area contributed by atoms with E-state index in [1.54, 1.807) is 16.2 Å². The molecule has 0 aliphatic heterocycles. The number of nitrogen functional groups attached to an aromatic ring is 1. The zero-order valence-electron chi connectivity index (χ0n) is 13.7. The Labute approximate surface area is 144 Å². The Morgan fingerprint density at radius 3 is 2.46 bits per heavy atom. The molecule has 8 heteroatoms. The van der Waals surface area contributed by atoms with Crippen LogP contribution in [-0.2, 0) is 6.61 Å². The number of rotatable bonds is 5. The molecule has 2 heterocycles. The summed E-state index contributed by atoms with van der Waals surface area (Å²) in [5.41, 5.74) is 7.80. The Morgan fingerprint density at radius 1 is 1.08 bits per heavy atom. The molecule has 124 valence electrons. The second-order valence-corrected chi connectivity index (χ2v) is 6.27. The average molecular weight is 342 g/mol. The SMILES string of the molecule is Cc1csc(-c2ccc(OCc3nc(N)nc(N(C)C)n3)cc2)n1. The van der Waals surface area contributed by atoms with Gasteiger partial charge in [-0.2, -0.15) is 15.0 Å². The third-order valence-electron chi connectivity index (χ3n) is 3.18. The highest BCUT2D eigenvalue weighted by Gasteiger charge is 2.07. The summed E-state index contributed by atoms with van der Waals surface area (Å²) >= 11 is 1.63. The predicted octanol–water partition coefficient (Wildman–Crippen LogP) is 2.53. The number of thiazole rings is 1. The van der Waals surface area contributed by atoms with Gasteiger partial charge in [-0.15, -0.1) is 11.3 Å². The lowest BCUT2D eigenvalue weighted by atomic mass is 10.2. The van der Waals surface area contributed by atoms with Gasteiger partial charge in [-0.05, 0) is 31.2 Å². The van der Waals surface area contributed by atoms with Crippen LogP contribution in [0.2, 0.25) is 0 Å². The summed E-state index contributed by atoms with van der Waals surface area (Å²) in [5, 5.41) is 3.03. The predicted molar refractivity (Wildman–Crippen MR) is 95.2 cm³/mol. The monoisotopic (exact) mass is 342 g/mol. The van der Waals surface area contributed by atoms with Gasteiger partial charge in [0.1, 0.15) is 17.4 Å². The number of anilines is 2. The zero-order chi connectivity index (χ0) is 17.1. The van der Waals surface area contributed by atoms with E-state index in [9.17, 15) is 0 Å². The molecule has 0 atom stereocenters. The van der Waals surface area contributed by atoms with Crippen molar-refractivity contribution in [2.45, 2.75) is 13.5 Å². The summed E-state index contributed by atoms with van der Waals surface area (Å²) in [5.74, 6) is 1.92. The quantitative estimate of drug-likeness (QED) is 0.762. The topological polar surface area (TPSA) is 90.0 Å². The van der Waals surface area contributed by atoms with Crippen molar-refractivity contribution in [3.05, 3.63) is 41.2 Å². The molecule has 1 aromatic carbocycles. The summed E-state index contributed by atoms with van der Waals surface area (Å²) in [4.78, 5) is 18.7. The summed E-state index contributed by atoms with van der Waals surface area (Å²) in [6, 6.07) is 7.79. The molecule has 0 radical (unpaired) electrons. The van der Waals surface area contributed by atoms with Crippen LogP contribution in [0, 0.1) is 6.92 Å². The lowest BCUT2D eigenvalue weighted by Gasteiger charge is -2.12. The van der Waals surface area contributed by atoms with Crippen LogP contribution >= 0.6 is 11.3 Å². The van der Waals surface area contributed by atoms with Gasteiger partial charge in [-0.3, -0.25) is 0 Å². The zero-order valence-corrected chi connectivity index (χ0v) is 14.5. The van der Waals surface area contributed by atoms with Gasteiger partial charge in [0.15, 0.2) is 5.82 Å². The third kappa shape index (κ3) is 3.77. The van der Waals surface area contributed by atoms with E-state index in [1.807, 2.05) is 50.7 Å². The van der Waals surface area contributed by atoms with Crippen LogP contribution in [0.5, 0.6) is 5.75 Å². The molecule has 0 saturated heterocycles. The number of ether oxygens (including phenoxy) is 1. The molecule has 0 aliphatic rings. The molecule has 24 heavy (non-hydrogen) atoms. The Bertz CT molecular complexity index is 831. The Morgan fingerprint density at radius 2 is 1.83 bits per heavy atom. The molecule has 0 fully saturated rings. The van der Waals surface area contributed by atoms with E-state index in [0.717, 1.165) is 22.0 Å². The minimum Gasteiger partial charge on any atom is -0.486 e. The van der Waals surface area contributed by atoms with Crippen molar-refractivity contribution in [1.82, 2.24) is 19.9 Å². The Kier molecular flexibility index (Phi) is 4.57. The number of hydrogen-bond acceptors (Lipinski definition) is 8. The molecule has 2 aromatic heterocycles.